The summed E-state index contributed by atoms with van der Waals surface area (Å²) in [5.74, 6) is -0.267. The summed E-state index contributed by atoms with van der Waals surface area (Å²) in [6.45, 7) is 0. The molecule has 0 aliphatic rings. The molecule has 0 unspecified atom stereocenters. The maximum atomic E-state index is 11.9. The van der Waals surface area contributed by atoms with Gasteiger partial charge in [0.1, 0.15) is 5.00 Å². The lowest BCUT2D eigenvalue weighted by Gasteiger charge is -1.93. The molecular weight excluding hydrogens is 248 g/mol. The van der Waals surface area contributed by atoms with Gasteiger partial charge in [-0.1, -0.05) is 6.07 Å². The molecule has 16 heavy (non-hydrogen) atoms. The Balaban J connectivity index is 2.41. The van der Waals surface area contributed by atoms with E-state index in [0.29, 0.717) is 4.88 Å². The van der Waals surface area contributed by atoms with Crippen LogP contribution in [0.3, 0.4) is 0 Å². The number of nitrogens with zero attached hydrogens (tertiary/aromatic N) is 1. The van der Waals surface area contributed by atoms with E-state index in [1.807, 2.05) is 0 Å². The fraction of sp³-hybridized carbons (Fsp3) is 0. The van der Waals surface area contributed by atoms with Crippen LogP contribution in [0, 0.1) is 10.1 Å². The molecule has 0 aliphatic carbocycles. The molecule has 2 aromatic rings. The Hall–Kier alpha value is -1.73. The molecule has 0 saturated heterocycles. The SMILES string of the molecule is Nc1sc([N+](=O)[O-])cc1C(=O)c1cccs1. The van der Waals surface area contributed by atoms with Gasteiger partial charge >= 0.3 is 5.00 Å². The van der Waals surface area contributed by atoms with Gasteiger partial charge in [-0.3, -0.25) is 14.9 Å². The van der Waals surface area contributed by atoms with Crippen LogP contribution < -0.4 is 5.73 Å². The van der Waals surface area contributed by atoms with Crippen LogP contribution in [0.25, 0.3) is 0 Å². The summed E-state index contributed by atoms with van der Waals surface area (Å²) in [4.78, 5) is 22.4. The highest BCUT2D eigenvalue weighted by Crippen LogP contribution is 2.33. The van der Waals surface area contributed by atoms with Gasteiger partial charge in [0.2, 0.25) is 5.78 Å². The number of thiophene rings is 2. The number of carbonyl (C=O) groups is 1. The molecule has 5 nitrogen and oxygen atoms in total. The summed E-state index contributed by atoms with van der Waals surface area (Å²) in [6.07, 6.45) is 0. The largest absolute Gasteiger partial charge is 0.390 e. The van der Waals surface area contributed by atoms with Gasteiger partial charge in [-0.15, -0.1) is 11.3 Å². The molecule has 2 N–H and O–H groups in total. The predicted molar refractivity (Wildman–Crippen MR) is 63.1 cm³/mol. The van der Waals surface area contributed by atoms with E-state index in [-0.39, 0.29) is 21.3 Å². The Morgan fingerprint density at radius 3 is 2.75 bits per heavy atom. The van der Waals surface area contributed by atoms with Gasteiger partial charge in [0.15, 0.2) is 0 Å². The fourth-order valence-corrected chi connectivity index (χ4v) is 2.62. The number of nitro groups is 1. The highest BCUT2D eigenvalue weighted by atomic mass is 32.1. The highest BCUT2D eigenvalue weighted by Gasteiger charge is 2.21. The fourth-order valence-electron chi connectivity index (χ4n) is 1.20. The van der Waals surface area contributed by atoms with Crippen LogP contribution in [0.1, 0.15) is 15.2 Å². The normalized spacial score (nSPS) is 10.2. The summed E-state index contributed by atoms with van der Waals surface area (Å²) in [5, 5.41) is 12.4. The number of anilines is 1. The van der Waals surface area contributed by atoms with Crippen LogP contribution in [-0.2, 0) is 0 Å². The average Bonchev–Trinajstić information content (AvgIpc) is 2.84. The zero-order valence-electron chi connectivity index (χ0n) is 7.88. The van der Waals surface area contributed by atoms with E-state index >= 15 is 0 Å². The zero-order valence-corrected chi connectivity index (χ0v) is 9.51. The summed E-state index contributed by atoms with van der Waals surface area (Å²) in [7, 11) is 0. The minimum atomic E-state index is -0.549. The van der Waals surface area contributed by atoms with Crippen LogP contribution in [-0.4, -0.2) is 10.7 Å². The van der Waals surface area contributed by atoms with Crippen LogP contribution in [0.4, 0.5) is 10.0 Å². The Morgan fingerprint density at radius 1 is 1.50 bits per heavy atom. The van der Waals surface area contributed by atoms with Crippen LogP contribution in [0.5, 0.6) is 0 Å². The minimum absolute atomic E-state index is 0.114. The van der Waals surface area contributed by atoms with Crippen molar-refractivity contribution < 1.29 is 9.72 Å². The number of hydrogen-bond acceptors (Lipinski definition) is 6. The minimum Gasteiger partial charge on any atom is -0.390 e. The second-order valence-corrected chi connectivity index (χ2v) is 4.94. The predicted octanol–water partition coefficient (Wildman–Crippen LogP) is 2.53. The first-order chi connectivity index (χ1) is 7.59. The van der Waals surface area contributed by atoms with Crippen molar-refractivity contribution in [2.24, 2.45) is 0 Å². The van der Waals surface area contributed by atoms with Crippen molar-refractivity contribution >= 4 is 38.5 Å². The van der Waals surface area contributed by atoms with E-state index in [0.717, 1.165) is 11.3 Å². The number of carbonyl (C=O) groups excluding carboxylic acids is 1. The van der Waals surface area contributed by atoms with Crippen LogP contribution in [0.15, 0.2) is 23.6 Å². The van der Waals surface area contributed by atoms with Crippen molar-refractivity contribution in [3.8, 4) is 0 Å². The third-order valence-corrected chi connectivity index (χ3v) is 3.70. The molecule has 0 radical (unpaired) electrons. The molecule has 2 aromatic heterocycles. The Labute approximate surface area is 98.3 Å². The number of hydrogen-bond donors (Lipinski definition) is 1. The lowest BCUT2D eigenvalue weighted by atomic mass is 10.2. The molecule has 7 heteroatoms. The van der Waals surface area contributed by atoms with E-state index in [1.165, 1.54) is 17.4 Å². The number of ketones is 1. The number of rotatable bonds is 3. The van der Waals surface area contributed by atoms with E-state index in [1.54, 1.807) is 17.5 Å². The molecule has 0 amide bonds. The van der Waals surface area contributed by atoms with Gasteiger partial charge < -0.3 is 5.73 Å². The van der Waals surface area contributed by atoms with E-state index in [2.05, 4.69) is 0 Å². The van der Waals surface area contributed by atoms with Gasteiger partial charge in [-0.05, 0) is 22.8 Å². The molecule has 0 aliphatic heterocycles. The molecule has 0 saturated carbocycles. The van der Waals surface area contributed by atoms with Gasteiger partial charge in [-0.2, -0.15) is 0 Å². The second kappa shape index (κ2) is 4.03. The standard InChI is InChI=1S/C9H6N2O3S2/c10-9-5(4-7(16-9)11(13)14)8(12)6-2-1-3-15-6/h1-4H,10H2. The van der Waals surface area contributed by atoms with E-state index < -0.39 is 4.92 Å². The summed E-state index contributed by atoms with van der Waals surface area (Å²) < 4.78 is 0. The first-order valence-corrected chi connectivity index (χ1v) is 5.91. The molecule has 0 spiro atoms. The van der Waals surface area contributed by atoms with Gasteiger partial charge in [0.25, 0.3) is 0 Å². The third kappa shape index (κ3) is 1.82. The molecule has 82 valence electrons. The van der Waals surface area contributed by atoms with Crippen molar-refractivity contribution in [1.82, 2.24) is 0 Å². The number of nitrogen functional groups attached to an aromatic ring is 1. The molecule has 2 heterocycles. The molecule has 0 atom stereocenters. The first-order valence-electron chi connectivity index (χ1n) is 4.21. The summed E-state index contributed by atoms with van der Waals surface area (Å²) in [5.41, 5.74) is 5.79. The lowest BCUT2D eigenvalue weighted by molar-refractivity contribution is -0.380. The van der Waals surface area contributed by atoms with Crippen molar-refractivity contribution in [1.29, 1.82) is 0 Å². The smallest absolute Gasteiger partial charge is 0.326 e. The highest BCUT2D eigenvalue weighted by molar-refractivity contribution is 7.19. The molecule has 0 aromatic carbocycles. The van der Waals surface area contributed by atoms with Crippen LogP contribution in [0.2, 0.25) is 0 Å². The second-order valence-electron chi connectivity index (χ2n) is 2.93. The van der Waals surface area contributed by atoms with E-state index in [9.17, 15) is 14.9 Å². The van der Waals surface area contributed by atoms with Gasteiger partial charge in [0.05, 0.1) is 15.4 Å². The van der Waals surface area contributed by atoms with Crippen LogP contribution >= 0.6 is 22.7 Å². The maximum Gasteiger partial charge on any atom is 0.326 e. The lowest BCUT2D eigenvalue weighted by Crippen LogP contribution is -1.99. The van der Waals surface area contributed by atoms with Crippen molar-refractivity contribution in [2.75, 3.05) is 5.73 Å². The quantitative estimate of drug-likeness (QED) is 0.518. The summed E-state index contributed by atoms with van der Waals surface area (Å²) >= 11 is 2.09. The van der Waals surface area contributed by atoms with Gasteiger partial charge in [0, 0.05) is 6.07 Å². The monoisotopic (exact) mass is 254 g/mol. The first kappa shape index (κ1) is 10.8. The Bertz CT molecular complexity index is 545. The Kier molecular flexibility index (Phi) is 2.71. The molecule has 2 rings (SSSR count). The van der Waals surface area contributed by atoms with Crippen molar-refractivity contribution in [3.05, 3.63) is 44.1 Å². The number of nitrogens with two attached hydrogens (primary N) is 1. The molecular formula is C9H6N2O3S2. The average molecular weight is 254 g/mol. The van der Waals surface area contributed by atoms with E-state index in [4.69, 9.17) is 5.73 Å². The summed E-state index contributed by atoms with van der Waals surface area (Å²) in [6, 6.07) is 4.63. The topological polar surface area (TPSA) is 86.2 Å². The molecule has 0 fully saturated rings. The zero-order chi connectivity index (χ0) is 11.7. The van der Waals surface area contributed by atoms with Crippen molar-refractivity contribution in [3.63, 3.8) is 0 Å². The Morgan fingerprint density at radius 2 is 2.25 bits per heavy atom. The maximum absolute atomic E-state index is 11.9. The molecule has 0 bridgehead atoms. The third-order valence-electron chi connectivity index (χ3n) is 1.92. The van der Waals surface area contributed by atoms with Crippen molar-refractivity contribution in [2.45, 2.75) is 0 Å². The van der Waals surface area contributed by atoms with Gasteiger partial charge in [-0.25, -0.2) is 0 Å².